The summed E-state index contributed by atoms with van der Waals surface area (Å²) in [4.78, 5) is 0. The van der Waals surface area contributed by atoms with Gasteiger partial charge in [0.1, 0.15) is 0 Å². The molecule has 0 radical (unpaired) electrons. The van der Waals surface area contributed by atoms with E-state index in [2.05, 4.69) is 50.5 Å². The Labute approximate surface area is 103 Å². The van der Waals surface area contributed by atoms with Crippen molar-refractivity contribution in [2.24, 2.45) is 0 Å². The monoisotopic (exact) mass is 236 g/mol. The molecule has 0 amide bonds. The molecule has 1 rings (SSSR count). The molecule has 88 valence electrons. The highest BCUT2D eigenvalue weighted by Crippen LogP contribution is 2.11. The van der Waals surface area contributed by atoms with E-state index in [1.165, 1.54) is 5.56 Å². The second-order valence-corrected chi connectivity index (χ2v) is 5.39. The van der Waals surface area contributed by atoms with Crippen LogP contribution < -0.4 is 10.6 Å². The van der Waals surface area contributed by atoms with Gasteiger partial charge in [-0.15, -0.1) is 0 Å². The smallest absolute Gasteiger partial charge is 0.167 e. The van der Waals surface area contributed by atoms with Gasteiger partial charge in [-0.25, -0.2) is 0 Å². The molecule has 1 atom stereocenters. The summed E-state index contributed by atoms with van der Waals surface area (Å²) in [5.41, 5.74) is 1.24. The first-order chi connectivity index (χ1) is 7.38. The molecule has 0 aliphatic carbocycles. The van der Waals surface area contributed by atoms with Crippen molar-refractivity contribution in [1.29, 1.82) is 0 Å². The standard InChI is InChI=1S/C13H20N2S/c1-10(11-8-6-5-7-9-11)14-12(16)15-13(2,3)4/h5-10H,1-4H3,(H2,14,15,16)/t10-/m0/s1. The van der Waals surface area contributed by atoms with Crippen LogP contribution in [-0.4, -0.2) is 10.7 Å². The molecular weight excluding hydrogens is 216 g/mol. The van der Waals surface area contributed by atoms with Crippen molar-refractivity contribution < 1.29 is 0 Å². The van der Waals surface area contributed by atoms with Crippen LogP contribution in [0.25, 0.3) is 0 Å². The molecular formula is C13H20N2S. The lowest BCUT2D eigenvalue weighted by atomic mass is 10.1. The maximum Gasteiger partial charge on any atom is 0.167 e. The number of hydrogen-bond acceptors (Lipinski definition) is 1. The summed E-state index contributed by atoms with van der Waals surface area (Å²) < 4.78 is 0. The van der Waals surface area contributed by atoms with E-state index < -0.39 is 0 Å². The molecule has 0 fully saturated rings. The zero-order valence-electron chi connectivity index (χ0n) is 10.4. The highest BCUT2D eigenvalue weighted by Gasteiger charge is 2.12. The van der Waals surface area contributed by atoms with Gasteiger partial charge >= 0.3 is 0 Å². The number of thiocarbonyl (C=S) groups is 1. The fourth-order valence-corrected chi connectivity index (χ4v) is 1.88. The van der Waals surface area contributed by atoms with Crippen LogP contribution in [0.3, 0.4) is 0 Å². The first-order valence-electron chi connectivity index (χ1n) is 5.52. The molecule has 0 saturated heterocycles. The lowest BCUT2D eigenvalue weighted by molar-refractivity contribution is 0.502. The molecule has 0 saturated carbocycles. The quantitative estimate of drug-likeness (QED) is 0.772. The van der Waals surface area contributed by atoms with Crippen LogP contribution in [0.15, 0.2) is 30.3 Å². The lowest BCUT2D eigenvalue weighted by Crippen LogP contribution is -2.46. The van der Waals surface area contributed by atoms with Crippen LogP contribution in [0.5, 0.6) is 0 Å². The lowest BCUT2D eigenvalue weighted by Gasteiger charge is -2.25. The fourth-order valence-electron chi connectivity index (χ4n) is 1.40. The third-order valence-electron chi connectivity index (χ3n) is 2.14. The first kappa shape index (κ1) is 13.0. The normalized spacial score (nSPS) is 13.0. The van der Waals surface area contributed by atoms with E-state index in [0.29, 0.717) is 5.11 Å². The van der Waals surface area contributed by atoms with E-state index in [-0.39, 0.29) is 11.6 Å². The Bertz CT molecular complexity index is 341. The van der Waals surface area contributed by atoms with Crippen molar-refractivity contribution in [3.8, 4) is 0 Å². The van der Waals surface area contributed by atoms with E-state index >= 15 is 0 Å². The van der Waals surface area contributed by atoms with Gasteiger partial charge in [-0.1, -0.05) is 30.3 Å². The van der Waals surface area contributed by atoms with Gasteiger partial charge in [-0.2, -0.15) is 0 Å². The number of benzene rings is 1. The van der Waals surface area contributed by atoms with Gasteiger partial charge < -0.3 is 10.6 Å². The van der Waals surface area contributed by atoms with Gasteiger partial charge in [0.2, 0.25) is 0 Å². The molecule has 0 unspecified atom stereocenters. The van der Waals surface area contributed by atoms with Crippen LogP contribution in [-0.2, 0) is 0 Å². The van der Waals surface area contributed by atoms with Crippen LogP contribution in [0.2, 0.25) is 0 Å². The van der Waals surface area contributed by atoms with E-state index in [1.807, 2.05) is 18.2 Å². The van der Waals surface area contributed by atoms with Gasteiger partial charge in [0.15, 0.2) is 5.11 Å². The van der Waals surface area contributed by atoms with E-state index in [0.717, 1.165) is 0 Å². The van der Waals surface area contributed by atoms with Gasteiger partial charge in [0.25, 0.3) is 0 Å². The third kappa shape index (κ3) is 4.62. The van der Waals surface area contributed by atoms with Gasteiger partial charge in [-0.3, -0.25) is 0 Å². The zero-order valence-corrected chi connectivity index (χ0v) is 11.2. The molecule has 0 aliphatic heterocycles. The molecule has 3 heteroatoms. The van der Waals surface area contributed by atoms with Crippen molar-refractivity contribution in [3.05, 3.63) is 35.9 Å². The minimum atomic E-state index is 0.000487. The molecule has 0 heterocycles. The Morgan fingerprint density at radius 1 is 1.19 bits per heavy atom. The highest BCUT2D eigenvalue weighted by molar-refractivity contribution is 7.80. The van der Waals surface area contributed by atoms with Crippen molar-refractivity contribution in [2.45, 2.75) is 39.3 Å². The molecule has 1 aromatic rings. The third-order valence-corrected chi connectivity index (χ3v) is 2.36. The van der Waals surface area contributed by atoms with Crippen molar-refractivity contribution in [1.82, 2.24) is 10.6 Å². The summed E-state index contributed by atoms with van der Waals surface area (Å²) in [5.74, 6) is 0. The average molecular weight is 236 g/mol. The Kier molecular flexibility index (Phi) is 4.30. The fraction of sp³-hybridized carbons (Fsp3) is 0.462. The van der Waals surface area contributed by atoms with Gasteiger partial charge in [0.05, 0.1) is 6.04 Å². The van der Waals surface area contributed by atoms with Gasteiger partial charge in [-0.05, 0) is 45.5 Å². The van der Waals surface area contributed by atoms with Gasteiger partial charge in [0, 0.05) is 5.54 Å². The highest BCUT2D eigenvalue weighted by atomic mass is 32.1. The largest absolute Gasteiger partial charge is 0.358 e. The number of rotatable bonds is 2. The maximum atomic E-state index is 5.26. The molecule has 0 spiro atoms. The molecule has 2 nitrogen and oxygen atoms in total. The number of hydrogen-bond donors (Lipinski definition) is 2. The predicted molar refractivity (Wildman–Crippen MR) is 73.5 cm³/mol. The molecule has 16 heavy (non-hydrogen) atoms. The number of nitrogens with one attached hydrogen (secondary N) is 2. The average Bonchev–Trinajstić information content (AvgIpc) is 2.16. The summed E-state index contributed by atoms with van der Waals surface area (Å²) in [6, 6.07) is 10.5. The topological polar surface area (TPSA) is 24.1 Å². The summed E-state index contributed by atoms with van der Waals surface area (Å²) in [6.45, 7) is 8.38. The Morgan fingerprint density at radius 3 is 2.25 bits per heavy atom. The molecule has 1 aromatic carbocycles. The molecule has 2 N–H and O–H groups in total. The maximum absolute atomic E-state index is 5.26. The van der Waals surface area contributed by atoms with Crippen molar-refractivity contribution >= 4 is 17.3 Å². The minimum Gasteiger partial charge on any atom is -0.358 e. The minimum absolute atomic E-state index is 0.000487. The molecule has 0 aliphatic rings. The molecule has 0 aromatic heterocycles. The second-order valence-electron chi connectivity index (χ2n) is 4.98. The van der Waals surface area contributed by atoms with E-state index in [9.17, 15) is 0 Å². The van der Waals surface area contributed by atoms with Crippen LogP contribution in [0.4, 0.5) is 0 Å². The molecule has 0 bridgehead atoms. The predicted octanol–water partition coefficient (Wildman–Crippen LogP) is 3.01. The Morgan fingerprint density at radius 2 is 1.75 bits per heavy atom. The van der Waals surface area contributed by atoms with E-state index in [4.69, 9.17) is 12.2 Å². The van der Waals surface area contributed by atoms with Crippen LogP contribution >= 0.6 is 12.2 Å². The Balaban J connectivity index is 2.52. The second kappa shape index (κ2) is 5.30. The van der Waals surface area contributed by atoms with E-state index in [1.54, 1.807) is 0 Å². The summed E-state index contributed by atoms with van der Waals surface area (Å²) >= 11 is 5.26. The summed E-state index contributed by atoms with van der Waals surface area (Å²) in [7, 11) is 0. The summed E-state index contributed by atoms with van der Waals surface area (Å²) in [6.07, 6.45) is 0. The van der Waals surface area contributed by atoms with Crippen molar-refractivity contribution in [2.75, 3.05) is 0 Å². The van der Waals surface area contributed by atoms with Crippen molar-refractivity contribution in [3.63, 3.8) is 0 Å². The van der Waals surface area contributed by atoms with Crippen LogP contribution in [0.1, 0.15) is 39.3 Å². The van der Waals surface area contributed by atoms with Crippen LogP contribution in [0, 0.1) is 0 Å². The SMILES string of the molecule is C[C@H](NC(=S)NC(C)(C)C)c1ccccc1. The Hall–Kier alpha value is -1.09. The summed E-state index contributed by atoms with van der Waals surface area (Å²) in [5, 5.41) is 7.21. The first-order valence-corrected chi connectivity index (χ1v) is 5.93. The zero-order chi connectivity index (χ0) is 12.2.